The van der Waals surface area contributed by atoms with Gasteiger partial charge in [-0.1, -0.05) is 18.7 Å². The minimum atomic E-state index is 0.194. The van der Waals surface area contributed by atoms with E-state index in [2.05, 4.69) is 48.7 Å². The smallest absolute Gasteiger partial charge is 0.243 e. The molecule has 0 saturated heterocycles. The van der Waals surface area contributed by atoms with E-state index in [0.717, 1.165) is 0 Å². The molecule has 0 N–H and O–H groups in total. The lowest BCUT2D eigenvalue weighted by Crippen LogP contribution is -2.34. The Kier molecular flexibility index (Phi) is 2.81. The molecule has 1 aliphatic heterocycles. The van der Waals surface area contributed by atoms with Gasteiger partial charge >= 0.3 is 0 Å². The zero-order valence-corrected chi connectivity index (χ0v) is 10.7. The zero-order chi connectivity index (χ0) is 12.6. The normalized spacial score (nSPS) is 19.2. The van der Waals surface area contributed by atoms with Crippen molar-refractivity contribution in [2.24, 2.45) is 0 Å². The predicted molar refractivity (Wildman–Crippen MR) is 70.3 cm³/mol. The summed E-state index contributed by atoms with van der Waals surface area (Å²) in [4.78, 5) is 7.70. The summed E-state index contributed by atoms with van der Waals surface area (Å²) >= 11 is 0. The fraction of sp³-hybridized carbons (Fsp3) is 0.357. The standard InChI is InChI=1S/C14H17N3/c1-10-6-7-11(2)13(8-10)17-9-14(15-4)16(5)12(17)3/h6-9,12H,1-3,5H3/t12-/m0/s1. The summed E-state index contributed by atoms with van der Waals surface area (Å²) in [5, 5.41) is 0. The summed E-state index contributed by atoms with van der Waals surface area (Å²) in [6.07, 6.45) is 2.12. The molecule has 1 aliphatic rings. The molecule has 17 heavy (non-hydrogen) atoms. The third-order valence-electron chi connectivity index (χ3n) is 3.34. The van der Waals surface area contributed by atoms with E-state index in [1.54, 1.807) is 0 Å². The Balaban J connectivity index is 2.45. The van der Waals surface area contributed by atoms with Crippen LogP contribution in [-0.2, 0) is 0 Å². The quantitative estimate of drug-likeness (QED) is 0.683. The van der Waals surface area contributed by atoms with E-state index in [0.29, 0.717) is 5.82 Å². The van der Waals surface area contributed by atoms with Gasteiger partial charge in [-0.3, -0.25) is 0 Å². The second-order valence-electron chi connectivity index (χ2n) is 4.54. The first-order valence-corrected chi connectivity index (χ1v) is 5.72. The Morgan fingerprint density at radius 2 is 2.00 bits per heavy atom. The highest BCUT2D eigenvalue weighted by Gasteiger charge is 2.29. The first-order valence-electron chi connectivity index (χ1n) is 5.72. The first-order chi connectivity index (χ1) is 8.04. The maximum atomic E-state index is 7.16. The molecule has 1 atom stereocenters. The molecule has 3 heteroatoms. The Morgan fingerprint density at radius 1 is 1.29 bits per heavy atom. The number of hydrogen-bond acceptors (Lipinski definition) is 2. The lowest BCUT2D eigenvalue weighted by Gasteiger charge is -2.26. The van der Waals surface area contributed by atoms with Gasteiger partial charge in [0.25, 0.3) is 0 Å². The van der Waals surface area contributed by atoms with Crippen molar-refractivity contribution in [3.8, 4) is 0 Å². The summed E-state index contributed by atoms with van der Waals surface area (Å²) in [5.74, 6) is 0.693. The molecule has 0 aromatic heterocycles. The van der Waals surface area contributed by atoms with E-state index in [1.807, 2.05) is 18.1 Å². The number of nitrogens with zero attached hydrogens (tertiary/aromatic N) is 3. The molecule has 0 aliphatic carbocycles. The van der Waals surface area contributed by atoms with Gasteiger partial charge in [0.15, 0.2) is 6.17 Å². The van der Waals surface area contributed by atoms with Gasteiger partial charge in [0.05, 0.1) is 7.05 Å². The number of benzene rings is 1. The molecule has 88 valence electrons. The Hall–Kier alpha value is -1.95. The van der Waals surface area contributed by atoms with E-state index in [-0.39, 0.29) is 6.17 Å². The van der Waals surface area contributed by atoms with Crippen molar-refractivity contribution >= 4 is 5.69 Å². The fourth-order valence-electron chi connectivity index (χ4n) is 2.08. The molecule has 1 aromatic carbocycles. The van der Waals surface area contributed by atoms with Crippen LogP contribution in [-0.4, -0.2) is 18.1 Å². The van der Waals surface area contributed by atoms with Crippen LogP contribution in [0.15, 0.2) is 30.2 Å². The highest BCUT2D eigenvalue weighted by atomic mass is 15.4. The lowest BCUT2D eigenvalue weighted by atomic mass is 10.1. The molecule has 0 bridgehead atoms. The minimum absolute atomic E-state index is 0.194. The van der Waals surface area contributed by atoms with Crippen molar-refractivity contribution in [1.82, 2.24) is 4.90 Å². The number of aryl methyl sites for hydroxylation is 2. The topological polar surface area (TPSA) is 10.8 Å². The summed E-state index contributed by atoms with van der Waals surface area (Å²) in [7, 11) is 1.96. The first kappa shape index (κ1) is 11.5. The molecule has 0 fully saturated rings. The van der Waals surface area contributed by atoms with Crippen molar-refractivity contribution in [2.75, 3.05) is 11.9 Å². The van der Waals surface area contributed by atoms with Gasteiger partial charge in [0.2, 0.25) is 5.82 Å². The third-order valence-corrected chi connectivity index (χ3v) is 3.34. The van der Waals surface area contributed by atoms with Crippen LogP contribution in [0.3, 0.4) is 0 Å². The molecule has 2 rings (SSSR count). The zero-order valence-electron chi connectivity index (χ0n) is 10.7. The van der Waals surface area contributed by atoms with Crippen LogP contribution < -0.4 is 4.90 Å². The molecular formula is C14H17N3. The highest BCUT2D eigenvalue weighted by molar-refractivity contribution is 5.59. The Bertz CT molecular complexity index is 511. The predicted octanol–water partition coefficient (Wildman–Crippen LogP) is 3.12. The second-order valence-corrected chi connectivity index (χ2v) is 4.54. The molecule has 0 unspecified atom stereocenters. The van der Waals surface area contributed by atoms with Crippen LogP contribution in [0.5, 0.6) is 0 Å². The van der Waals surface area contributed by atoms with Crippen LogP contribution >= 0.6 is 0 Å². The summed E-state index contributed by atoms with van der Waals surface area (Å²) in [6.45, 7) is 13.5. The van der Waals surface area contributed by atoms with E-state index < -0.39 is 0 Å². The molecule has 1 heterocycles. The average molecular weight is 227 g/mol. The van der Waals surface area contributed by atoms with E-state index in [1.165, 1.54) is 16.8 Å². The van der Waals surface area contributed by atoms with Crippen LogP contribution in [0, 0.1) is 20.4 Å². The minimum Gasteiger partial charge on any atom is -0.363 e. The SMILES string of the molecule is [C-]#[N+]C1=CN(c2cc(C)ccc2C)[C@@H](C)N1C. The van der Waals surface area contributed by atoms with Gasteiger partial charge < -0.3 is 14.6 Å². The number of hydrogen-bond donors (Lipinski definition) is 0. The molecule has 1 aromatic rings. The van der Waals surface area contributed by atoms with Crippen molar-refractivity contribution < 1.29 is 0 Å². The molecule has 0 amide bonds. The highest BCUT2D eigenvalue weighted by Crippen LogP contribution is 2.30. The van der Waals surface area contributed by atoms with Gasteiger partial charge in [-0.05, 0) is 38.0 Å². The van der Waals surface area contributed by atoms with Crippen molar-refractivity contribution in [2.45, 2.75) is 26.9 Å². The summed E-state index contributed by atoms with van der Waals surface area (Å²) in [6, 6.07) is 6.41. The molecule has 0 saturated carbocycles. The van der Waals surface area contributed by atoms with Gasteiger partial charge in [-0.2, -0.15) is 0 Å². The van der Waals surface area contributed by atoms with Crippen molar-refractivity contribution in [1.29, 1.82) is 0 Å². The summed E-state index contributed by atoms with van der Waals surface area (Å²) in [5.41, 5.74) is 3.66. The van der Waals surface area contributed by atoms with Gasteiger partial charge in [-0.25, -0.2) is 0 Å². The van der Waals surface area contributed by atoms with Crippen LogP contribution in [0.2, 0.25) is 0 Å². The van der Waals surface area contributed by atoms with Crippen molar-refractivity contribution in [3.63, 3.8) is 0 Å². The van der Waals surface area contributed by atoms with Crippen LogP contribution in [0.1, 0.15) is 18.1 Å². The molecule has 3 nitrogen and oxygen atoms in total. The van der Waals surface area contributed by atoms with E-state index in [4.69, 9.17) is 6.57 Å². The van der Waals surface area contributed by atoms with Crippen molar-refractivity contribution in [3.05, 3.63) is 52.8 Å². The van der Waals surface area contributed by atoms with Crippen LogP contribution in [0.25, 0.3) is 4.85 Å². The lowest BCUT2D eigenvalue weighted by molar-refractivity contribution is 0.365. The van der Waals surface area contributed by atoms with E-state index in [9.17, 15) is 0 Å². The maximum Gasteiger partial charge on any atom is 0.243 e. The Labute approximate surface area is 103 Å². The molecule has 0 spiro atoms. The largest absolute Gasteiger partial charge is 0.363 e. The van der Waals surface area contributed by atoms with Crippen LogP contribution in [0.4, 0.5) is 5.69 Å². The number of anilines is 1. The molecule has 0 radical (unpaired) electrons. The van der Waals surface area contributed by atoms with Gasteiger partial charge in [-0.15, -0.1) is 0 Å². The summed E-state index contributed by atoms with van der Waals surface area (Å²) < 4.78 is 0. The van der Waals surface area contributed by atoms with Gasteiger partial charge in [0, 0.05) is 11.9 Å². The Morgan fingerprint density at radius 3 is 2.59 bits per heavy atom. The monoisotopic (exact) mass is 227 g/mol. The second kappa shape index (κ2) is 4.14. The number of rotatable bonds is 1. The fourth-order valence-corrected chi connectivity index (χ4v) is 2.08. The third kappa shape index (κ3) is 1.87. The van der Waals surface area contributed by atoms with E-state index >= 15 is 0 Å². The van der Waals surface area contributed by atoms with Gasteiger partial charge in [0.1, 0.15) is 0 Å². The average Bonchev–Trinajstić information content (AvgIpc) is 2.59. The maximum absolute atomic E-state index is 7.16. The molecular weight excluding hydrogens is 210 g/mol.